The molecule has 0 aliphatic carbocycles. The highest BCUT2D eigenvalue weighted by Crippen LogP contribution is 2.39. The van der Waals surface area contributed by atoms with Gasteiger partial charge in [0.05, 0.1) is 17.4 Å². The molecule has 0 amide bonds. The monoisotopic (exact) mass is 416 g/mol. The third kappa shape index (κ3) is 3.39. The Bertz CT molecular complexity index is 1210. The molecule has 2 aromatic heterocycles. The van der Waals surface area contributed by atoms with Crippen LogP contribution in [-0.2, 0) is 6.54 Å². The van der Waals surface area contributed by atoms with E-state index in [1.54, 1.807) is 6.20 Å². The Hall–Kier alpha value is -3.38. The normalized spacial score (nSPS) is 15.2. The van der Waals surface area contributed by atoms with E-state index in [1.165, 1.54) is 5.56 Å². The molecule has 7 heteroatoms. The first-order chi connectivity index (χ1) is 14.6. The summed E-state index contributed by atoms with van der Waals surface area (Å²) in [7, 11) is 0. The topological polar surface area (TPSA) is 81.7 Å². The molecular formula is C23H21ClN6. The van der Waals surface area contributed by atoms with Crippen LogP contribution in [-0.4, -0.2) is 20.0 Å². The van der Waals surface area contributed by atoms with E-state index in [-0.39, 0.29) is 6.04 Å². The Morgan fingerprint density at radius 1 is 1.07 bits per heavy atom. The van der Waals surface area contributed by atoms with Crippen molar-refractivity contribution in [2.45, 2.75) is 25.9 Å². The van der Waals surface area contributed by atoms with E-state index in [4.69, 9.17) is 17.3 Å². The first-order valence-electron chi connectivity index (χ1n) is 9.87. The van der Waals surface area contributed by atoms with E-state index in [0.717, 1.165) is 51.8 Å². The molecule has 0 saturated heterocycles. The molecule has 1 aliphatic heterocycles. The molecule has 150 valence electrons. The number of hydrogen-bond acceptors (Lipinski definition) is 5. The zero-order chi connectivity index (χ0) is 20.7. The van der Waals surface area contributed by atoms with E-state index in [0.29, 0.717) is 5.82 Å². The van der Waals surface area contributed by atoms with E-state index in [9.17, 15) is 0 Å². The smallest absolute Gasteiger partial charge is 0.123 e. The summed E-state index contributed by atoms with van der Waals surface area (Å²) in [4.78, 5) is 4.11. The Morgan fingerprint density at radius 3 is 2.67 bits per heavy atom. The molecule has 6 nitrogen and oxygen atoms in total. The lowest BCUT2D eigenvalue weighted by molar-refractivity contribution is 0.539. The number of pyridine rings is 1. The van der Waals surface area contributed by atoms with Crippen molar-refractivity contribution in [3.63, 3.8) is 0 Å². The second-order valence-corrected chi connectivity index (χ2v) is 7.95. The Kier molecular flexibility index (Phi) is 4.64. The standard InChI is InChI=1S/C23H21ClN6/c1-14-23-19-7-2-15(16-8-10-26-22(25)13-16)12-20(19)21(9-11-30(23)29-28-14)27-18-5-3-17(24)4-6-18/h2-8,10,12-13,21,27H,9,11H2,1H3,(H2,25,26). The van der Waals surface area contributed by atoms with Crippen LogP contribution in [0.15, 0.2) is 60.8 Å². The fourth-order valence-corrected chi connectivity index (χ4v) is 4.19. The number of nitrogen functional groups attached to an aromatic ring is 1. The third-order valence-electron chi connectivity index (χ3n) is 5.51. The number of anilines is 2. The average molecular weight is 417 g/mol. The molecule has 1 atom stereocenters. The van der Waals surface area contributed by atoms with Crippen molar-refractivity contribution in [3.05, 3.63) is 77.1 Å². The number of aryl methyl sites for hydroxylation is 2. The minimum Gasteiger partial charge on any atom is -0.384 e. The van der Waals surface area contributed by atoms with Crippen molar-refractivity contribution in [3.8, 4) is 22.4 Å². The molecule has 3 N–H and O–H groups in total. The number of nitrogens with zero attached hydrogens (tertiary/aromatic N) is 4. The summed E-state index contributed by atoms with van der Waals surface area (Å²) in [5, 5.41) is 13.1. The second-order valence-electron chi connectivity index (χ2n) is 7.51. The number of nitrogens with one attached hydrogen (secondary N) is 1. The van der Waals surface area contributed by atoms with Crippen LogP contribution in [0.2, 0.25) is 5.02 Å². The fourth-order valence-electron chi connectivity index (χ4n) is 4.07. The Labute approximate surface area is 179 Å². The molecule has 1 unspecified atom stereocenters. The van der Waals surface area contributed by atoms with Gasteiger partial charge in [0.2, 0.25) is 0 Å². The highest BCUT2D eigenvalue weighted by atomic mass is 35.5. The summed E-state index contributed by atoms with van der Waals surface area (Å²) in [6.45, 7) is 2.79. The van der Waals surface area contributed by atoms with Gasteiger partial charge in [-0.05, 0) is 72.5 Å². The van der Waals surface area contributed by atoms with Crippen molar-refractivity contribution in [2.24, 2.45) is 0 Å². The third-order valence-corrected chi connectivity index (χ3v) is 5.77. The molecule has 5 rings (SSSR count). The van der Waals surface area contributed by atoms with Crippen LogP contribution < -0.4 is 11.1 Å². The van der Waals surface area contributed by atoms with Crippen LogP contribution in [0.4, 0.5) is 11.5 Å². The molecule has 0 bridgehead atoms. The highest BCUT2D eigenvalue weighted by molar-refractivity contribution is 6.30. The molecule has 0 spiro atoms. The lowest BCUT2D eigenvalue weighted by Gasteiger charge is -2.21. The maximum Gasteiger partial charge on any atom is 0.123 e. The number of halogens is 1. The Morgan fingerprint density at radius 2 is 1.87 bits per heavy atom. The molecule has 2 aromatic carbocycles. The van der Waals surface area contributed by atoms with Crippen molar-refractivity contribution in [1.82, 2.24) is 20.0 Å². The molecule has 3 heterocycles. The number of fused-ring (bicyclic) bond motifs is 3. The zero-order valence-electron chi connectivity index (χ0n) is 16.5. The van der Waals surface area contributed by atoms with E-state index in [1.807, 2.05) is 48.0 Å². The first kappa shape index (κ1) is 18.6. The molecule has 4 aromatic rings. The zero-order valence-corrected chi connectivity index (χ0v) is 17.3. The molecule has 0 fully saturated rings. The number of aromatic nitrogens is 4. The lowest BCUT2D eigenvalue weighted by atomic mass is 9.92. The van der Waals surface area contributed by atoms with Gasteiger partial charge in [-0.2, -0.15) is 0 Å². The van der Waals surface area contributed by atoms with Gasteiger partial charge in [0.15, 0.2) is 0 Å². The van der Waals surface area contributed by atoms with Crippen molar-refractivity contribution >= 4 is 23.1 Å². The van der Waals surface area contributed by atoms with Crippen LogP contribution in [0, 0.1) is 6.92 Å². The van der Waals surface area contributed by atoms with Crippen molar-refractivity contribution in [2.75, 3.05) is 11.1 Å². The van der Waals surface area contributed by atoms with Gasteiger partial charge in [-0.15, -0.1) is 5.10 Å². The maximum absolute atomic E-state index is 6.06. The van der Waals surface area contributed by atoms with Gasteiger partial charge in [0.1, 0.15) is 5.82 Å². The molecule has 30 heavy (non-hydrogen) atoms. The fraction of sp³-hybridized carbons (Fsp3) is 0.174. The number of hydrogen-bond donors (Lipinski definition) is 2. The van der Waals surface area contributed by atoms with Gasteiger partial charge in [-0.3, -0.25) is 0 Å². The number of nitrogens with two attached hydrogens (primary N) is 1. The van der Waals surface area contributed by atoms with Gasteiger partial charge in [-0.25, -0.2) is 9.67 Å². The predicted octanol–water partition coefficient (Wildman–Crippen LogP) is 5.11. The maximum atomic E-state index is 6.06. The average Bonchev–Trinajstić information content (AvgIpc) is 3.04. The van der Waals surface area contributed by atoms with Gasteiger partial charge < -0.3 is 11.1 Å². The van der Waals surface area contributed by atoms with Gasteiger partial charge in [0, 0.05) is 29.0 Å². The summed E-state index contributed by atoms with van der Waals surface area (Å²) >= 11 is 6.06. The van der Waals surface area contributed by atoms with Crippen LogP contribution in [0.3, 0.4) is 0 Å². The van der Waals surface area contributed by atoms with E-state index >= 15 is 0 Å². The quantitative estimate of drug-likeness (QED) is 0.485. The number of benzene rings is 2. The minimum atomic E-state index is 0.112. The summed E-state index contributed by atoms with van der Waals surface area (Å²) in [6.07, 6.45) is 2.62. The van der Waals surface area contributed by atoms with Crippen molar-refractivity contribution in [1.29, 1.82) is 0 Å². The van der Waals surface area contributed by atoms with Crippen LogP contribution in [0.25, 0.3) is 22.4 Å². The van der Waals surface area contributed by atoms with E-state index < -0.39 is 0 Å². The van der Waals surface area contributed by atoms with Crippen LogP contribution >= 0.6 is 11.6 Å². The highest BCUT2D eigenvalue weighted by Gasteiger charge is 2.25. The predicted molar refractivity (Wildman–Crippen MR) is 120 cm³/mol. The summed E-state index contributed by atoms with van der Waals surface area (Å²) in [5.74, 6) is 0.511. The molecule has 0 saturated carbocycles. The second kappa shape index (κ2) is 7.46. The van der Waals surface area contributed by atoms with Gasteiger partial charge >= 0.3 is 0 Å². The van der Waals surface area contributed by atoms with Crippen LogP contribution in [0.5, 0.6) is 0 Å². The van der Waals surface area contributed by atoms with Crippen LogP contribution in [0.1, 0.15) is 23.7 Å². The first-order valence-corrected chi connectivity index (χ1v) is 10.2. The number of rotatable bonds is 3. The minimum absolute atomic E-state index is 0.112. The van der Waals surface area contributed by atoms with Gasteiger partial charge in [-0.1, -0.05) is 28.9 Å². The van der Waals surface area contributed by atoms with E-state index in [2.05, 4.69) is 38.8 Å². The Balaban J connectivity index is 1.63. The van der Waals surface area contributed by atoms with Crippen molar-refractivity contribution < 1.29 is 0 Å². The summed E-state index contributed by atoms with van der Waals surface area (Å²) in [6, 6.07) is 18.3. The lowest BCUT2D eigenvalue weighted by Crippen LogP contribution is -2.12. The molecule has 0 radical (unpaired) electrons. The SMILES string of the molecule is Cc1nnn2c1-c1ccc(-c3ccnc(N)c3)cc1C(Nc1ccc(Cl)cc1)CC2. The summed E-state index contributed by atoms with van der Waals surface area (Å²) < 4.78 is 2.00. The largest absolute Gasteiger partial charge is 0.384 e. The molecular weight excluding hydrogens is 396 g/mol. The van der Waals surface area contributed by atoms with Gasteiger partial charge in [0.25, 0.3) is 0 Å². The summed E-state index contributed by atoms with van der Waals surface area (Å²) in [5.41, 5.74) is 13.5. The molecule has 1 aliphatic rings.